The van der Waals surface area contributed by atoms with Gasteiger partial charge in [0.1, 0.15) is 0 Å². The molecule has 13 heavy (non-hydrogen) atoms. The van der Waals surface area contributed by atoms with Crippen molar-refractivity contribution >= 4 is 6.09 Å². The van der Waals surface area contributed by atoms with Gasteiger partial charge in [-0.2, -0.15) is 0 Å². The van der Waals surface area contributed by atoms with Crippen molar-refractivity contribution in [1.82, 2.24) is 4.90 Å². The van der Waals surface area contributed by atoms with Gasteiger partial charge in [0.25, 0.3) is 0 Å². The molecule has 5 nitrogen and oxygen atoms in total. The first kappa shape index (κ1) is 10.3. The van der Waals surface area contributed by atoms with Crippen LogP contribution in [0.5, 0.6) is 0 Å². The van der Waals surface area contributed by atoms with Crippen molar-refractivity contribution in [2.24, 2.45) is 5.41 Å². The Labute approximate surface area is 76.6 Å². The van der Waals surface area contributed by atoms with E-state index in [1.807, 2.05) is 0 Å². The molecule has 76 valence electrons. The SMILES string of the molecule is O=C(O)N1CCC(CO)(CO)CC1. The average molecular weight is 189 g/mol. The molecule has 0 aliphatic carbocycles. The molecule has 0 atom stereocenters. The van der Waals surface area contributed by atoms with Gasteiger partial charge in [-0.25, -0.2) is 4.79 Å². The fourth-order valence-corrected chi connectivity index (χ4v) is 1.54. The van der Waals surface area contributed by atoms with E-state index in [9.17, 15) is 4.79 Å². The smallest absolute Gasteiger partial charge is 0.407 e. The summed E-state index contributed by atoms with van der Waals surface area (Å²) in [7, 11) is 0. The van der Waals surface area contributed by atoms with Crippen LogP contribution in [0.2, 0.25) is 0 Å². The summed E-state index contributed by atoms with van der Waals surface area (Å²) in [6, 6.07) is 0. The molecule has 1 heterocycles. The number of aliphatic hydroxyl groups is 2. The minimum atomic E-state index is -0.926. The van der Waals surface area contributed by atoms with Crippen molar-refractivity contribution in [3.63, 3.8) is 0 Å². The van der Waals surface area contributed by atoms with E-state index in [1.165, 1.54) is 4.90 Å². The Balaban J connectivity index is 2.50. The quantitative estimate of drug-likeness (QED) is 0.558. The van der Waals surface area contributed by atoms with E-state index in [4.69, 9.17) is 15.3 Å². The van der Waals surface area contributed by atoms with Crippen LogP contribution >= 0.6 is 0 Å². The molecular formula is C8H15NO4. The Kier molecular flexibility index (Phi) is 3.11. The molecule has 1 saturated heterocycles. The molecule has 0 unspecified atom stereocenters. The molecular weight excluding hydrogens is 174 g/mol. The van der Waals surface area contributed by atoms with Gasteiger partial charge in [-0.15, -0.1) is 0 Å². The highest BCUT2D eigenvalue weighted by atomic mass is 16.4. The molecule has 0 radical (unpaired) electrons. The predicted octanol–water partition coefficient (Wildman–Crippen LogP) is -0.269. The summed E-state index contributed by atoms with van der Waals surface area (Å²) in [5, 5.41) is 26.7. The first-order valence-electron chi connectivity index (χ1n) is 4.33. The summed E-state index contributed by atoms with van der Waals surface area (Å²) in [4.78, 5) is 11.9. The van der Waals surface area contributed by atoms with E-state index in [0.29, 0.717) is 25.9 Å². The van der Waals surface area contributed by atoms with Crippen molar-refractivity contribution in [3.8, 4) is 0 Å². The molecule has 0 aromatic heterocycles. The van der Waals surface area contributed by atoms with E-state index < -0.39 is 11.5 Å². The molecule has 5 heteroatoms. The lowest BCUT2D eigenvalue weighted by atomic mass is 9.80. The van der Waals surface area contributed by atoms with Gasteiger partial charge in [0.05, 0.1) is 13.2 Å². The maximum absolute atomic E-state index is 10.5. The van der Waals surface area contributed by atoms with E-state index in [1.54, 1.807) is 0 Å². The van der Waals surface area contributed by atoms with Gasteiger partial charge in [-0.05, 0) is 12.8 Å². The highest BCUT2D eigenvalue weighted by Crippen LogP contribution is 2.30. The number of carboxylic acid groups (broad SMARTS) is 1. The van der Waals surface area contributed by atoms with Crippen LogP contribution in [0.15, 0.2) is 0 Å². The van der Waals surface area contributed by atoms with Gasteiger partial charge in [0, 0.05) is 18.5 Å². The Bertz CT molecular complexity index is 181. The predicted molar refractivity (Wildman–Crippen MR) is 45.4 cm³/mol. The van der Waals surface area contributed by atoms with Crippen LogP contribution in [0.25, 0.3) is 0 Å². The monoisotopic (exact) mass is 189 g/mol. The zero-order valence-corrected chi connectivity index (χ0v) is 7.44. The molecule has 0 saturated carbocycles. The first-order chi connectivity index (χ1) is 6.13. The van der Waals surface area contributed by atoms with Crippen LogP contribution in [-0.2, 0) is 0 Å². The number of hydrogen-bond donors (Lipinski definition) is 3. The number of nitrogens with zero attached hydrogens (tertiary/aromatic N) is 1. The molecule has 0 aromatic carbocycles. The van der Waals surface area contributed by atoms with Gasteiger partial charge in [-0.3, -0.25) is 0 Å². The molecule has 0 bridgehead atoms. The lowest BCUT2D eigenvalue weighted by molar-refractivity contribution is 0.00176. The van der Waals surface area contributed by atoms with Gasteiger partial charge >= 0.3 is 6.09 Å². The highest BCUT2D eigenvalue weighted by Gasteiger charge is 2.34. The molecule has 1 aliphatic heterocycles. The topological polar surface area (TPSA) is 81.0 Å². The second-order valence-corrected chi connectivity index (χ2v) is 3.59. The zero-order chi connectivity index (χ0) is 9.90. The summed E-state index contributed by atoms with van der Waals surface area (Å²) < 4.78 is 0. The summed E-state index contributed by atoms with van der Waals surface area (Å²) in [5.74, 6) is 0. The standard InChI is InChI=1S/C8H15NO4/c10-5-8(6-11)1-3-9(4-2-8)7(12)13/h10-11H,1-6H2,(H,12,13). The molecule has 1 rings (SSSR count). The fraction of sp³-hybridized carbons (Fsp3) is 0.875. The van der Waals surface area contributed by atoms with Crippen LogP contribution in [0, 0.1) is 5.41 Å². The highest BCUT2D eigenvalue weighted by molar-refractivity contribution is 5.65. The lowest BCUT2D eigenvalue weighted by Gasteiger charge is -2.38. The van der Waals surface area contributed by atoms with Crippen molar-refractivity contribution in [2.45, 2.75) is 12.8 Å². The fourth-order valence-electron chi connectivity index (χ4n) is 1.54. The zero-order valence-electron chi connectivity index (χ0n) is 7.44. The average Bonchev–Trinajstić information content (AvgIpc) is 2.18. The van der Waals surface area contributed by atoms with E-state index in [2.05, 4.69) is 0 Å². The second-order valence-electron chi connectivity index (χ2n) is 3.59. The maximum atomic E-state index is 10.5. The Morgan fingerprint density at radius 1 is 1.23 bits per heavy atom. The minimum Gasteiger partial charge on any atom is -0.465 e. The largest absolute Gasteiger partial charge is 0.465 e. The molecule has 1 amide bonds. The van der Waals surface area contributed by atoms with Crippen molar-refractivity contribution in [3.05, 3.63) is 0 Å². The van der Waals surface area contributed by atoms with E-state index in [-0.39, 0.29) is 13.2 Å². The first-order valence-corrected chi connectivity index (χ1v) is 4.33. The number of hydrogen-bond acceptors (Lipinski definition) is 3. The van der Waals surface area contributed by atoms with Crippen molar-refractivity contribution in [1.29, 1.82) is 0 Å². The third kappa shape index (κ3) is 2.10. The van der Waals surface area contributed by atoms with Crippen molar-refractivity contribution in [2.75, 3.05) is 26.3 Å². The minimum absolute atomic E-state index is 0.0725. The number of likely N-dealkylation sites (tertiary alicyclic amines) is 1. The van der Waals surface area contributed by atoms with Crippen LogP contribution in [0.4, 0.5) is 4.79 Å². The molecule has 1 fully saturated rings. The van der Waals surface area contributed by atoms with Gasteiger partial charge in [0.15, 0.2) is 0 Å². The van der Waals surface area contributed by atoms with E-state index in [0.717, 1.165) is 0 Å². The maximum Gasteiger partial charge on any atom is 0.407 e. The van der Waals surface area contributed by atoms with Gasteiger partial charge in [-0.1, -0.05) is 0 Å². The van der Waals surface area contributed by atoms with Crippen LogP contribution in [0.1, 0.15) is 12.8 Å². The summed E-state index contributed by atoms with van der Waals surface area (Å²) in [5.41, 5.74) is -0.466. The number of piperidine rings is 1. The Hall–Kier alpha value is -0.810. The third-order valence-electron chi connectivity index (χ3n) is 2.77. The van der Waals surface area contributed by atoms with Crippen LogP contribution in [0.3, 0.4) is 0 Å². The lowest BCUT2D eigenvalue weighted by Crippen LogP contribution is -2.45. The molecule has 3 N–H and O–H groups in total. The summed E-state index contributed by atoms with van der Waals surface area (Å²) >= 11 is 0. The Morgan fingerprint density at radius 3 is 2.00 bits per heavy atom. The van der Waals surface area contributed by atoms with Crippen molar-refractivity contribution < 1.29 is 20.1 Å². The van der Waals surface area contributed by atoms with Gasteiger partial charge < -0.3 is 20.2 Å². The van der Waals surface area contributed by atoms with Crippen LogP contribution in [-0.4, -0.2) is 52.6 Å². The summed E-state index contributed by atoms with van der Waals surface area (Å²) in [6.45, 7) is 0.654. The number of rotatable bonds is 2. The van der Waals surface area contributed by atoms with Gasteiger partial charge in [0.2, 0.25) is 0 Å². The Morgan fingerprint density at radius 2 is 1.69 bits per heavy atom. The number of amides is 1. The van der Waals surface area contributed by atoms with E-state index >= 15 is 0 Å². The van der Waals surface area contributed by atoms with Crippen LogP contribution < -0.4 is 0 Å². The number of carbonyl (C=O) groups is 1. The molecule has 1 aliphatic rings. The normalized spacial score (nSPS) is 21.5. The number of aliphatic hydroxyl groups excluding tert-OH is 2. The third-order valence-corrected chi connectivity index (χ3v) is 2.77. The second kappa shape index (κ2) is 3.93. The molecule has 0 spiro atoms. The molecule has 0 aromatic rings. The summed E-state index contributed by atoms with van der Waals surface area (Å²) in [6.07, 6.45) is 0.142.